The van der Waals surface area contributed by atoms with Crippen LogP contribution in [0.25, 0.3) is 88.5 Å². The zero-order chi connectivity index (χ0) is 49.0. The van der Waals surface area contributed by atoms with E-state index in [9.17, 15) is 0 Å². The lowest BCUT2D eigenvalue weighted by Crippen LogP contribution is -2.10. The Hall–Kier alpha value is -10.2. The highest BCUT2D eigenvalue weighted by Crippen LogP contribution is 2.41. The summed E-state index contributed by atoms with van der Waals surface area (Å²) >= 11 is 0. The van der Waals surface area contributed by atoms with Gasteiger partial charge in [0.25, 0.3) is 0 Å². The number of anilines is 6. The number of rotatable bonds is 10. The van der Waals surface area contributed by atoms with Gasteiger partial charge in [-0.3, -0.25) is 9.97 Å². The van der Waals surface area contributed by atoms with Crippen molar-refractivity contribution in [1.82, 2.24) is 29.1 Å². The lowest BCUT2D eigenvalue weighted by atomic mass is 10.0. The molecule has 0 N–H and O–H groups in total. The van der Waals surface area contributed by atoms with Gasteiger partial charge in [0.2, 0.25) is 0 Å². The largest absolute Gasteiger partial charge is 0.309 e. The number of hydrogen-bond acceptors (Lipinski definition) is 6. The first-order chi connectivity index (χ1) is 36.7. The minimum atomic E-state index is 0.802. The van der Waals surface area contributed by atoms with E-state index in [1.807, 2.05) is 61.2 Å². The molecule has 348 valence electrons. The van der Waals surface area contributed by atoms with Crippen molar-refractivity contribution < 1.29 is 0 Å². The monoisotopic (exact) mass is 948 g/mol. The quantitative estimate of drug-likeness (QED) is 0.136. The molecular formula is C66H44N8. The number of para-hydroxylation sites is 6. The maximum absolute atomic E-state index is 5.30. The molecule has 0 bridgehead atoms. The molecular weight excluding hydrogens is 905 g/mol. The van der Waals surface area contributed by atoms with E-state index in [2.05, 4.69) is 235 Å². The van der Waals surface area contributed by atoms with Crippen LogP contribution in [-0.2, 0) is 0 Å². The molecule has 8 nitrogen and oxygen atoms in total. The van der Waals surface area contributed by atoms with Crippen molar-refractivity contribution in [1.29, 1.82) is 0 Å². The molecule has 74 heavy (non-hydrogen) atoms. The first-order valence-corrected chi connectivity index (χ1v) is 24.8. The minimum absolute atomic E-state index is 0.802. The van der Waals surface area contributed by atoms with Crippen LogP contribution in [0.1, 0.15) is 0 Å². The van der Waals surface area contributed by atoms with E-state index < -0.39 is 0 Å². The molecule has 0 atom stereocenters. The third-order valence-electron chi connectivity index (χ3n) is 14.1. The van der Waals surface area contributed by atoms with Crippen molar-refractivity contribution in [3.05, 3.63) is 267 Å². The van der Waals surface area contributed by atoms with Gasteiger partial charge in [0.1, 0.15) is 0 Å². The fourth-order valence-electron chi connectivity index (χ4n) is 10.7. The van der Waals surface area contributed by atoms with Crippen molar-refractivity contribution in [2.45, 2.75) is 0 Å². The van der Waals surface area contributed by atoms with Crippen LogP contribution in [0.15, 0.2) is 267 Å². The zero-order valence-corrected chi connectivity index (χ0v) is 40.0. The van der Waals surface area contributed by atoms with Crippen molar-refractivity contribution in [2.75, 3.05) is 9.80 Å². The second-order valence-electron chi connectivity index (χ2n) is 18.4. The van der Waals surface area contributed by atoms with E-state index in [0.717, 1.165) is 79.0 Å². The standard InChI is InChI=1S/C66H44N8/c1-7-21-61-55(15-1)56-16-2-8-22-62(56)73(61)51-37-33-49(34-38-51)71(53-13-11-41-67-43-53)47-29-25-45(26-30-47)65-66(70-60-20-6-5-19-59(60)69-65)46-27-31-48(32-28-46)72(54-14-12-42-68-44-54)50-35-39-52(40-36-50)74-63-23-9-3-17-57(63)58-18-4-10-24-64(58)74/h1-44H. The topological polar surface area (TPSA) is 67.9 Å². The molecule has 0 unspecified atom stereocenters. The van der Waals surface area contributed by atoms with Gasteiger partial charge in [-0.2, -0.15) is 0 Å². The summed E-state index contributed by atoms with van der Waals surface area (Å²) < 4.78 is 4.69. The summed E-state index contributed by atoms with van der Waals surface area (Å²) in [5.74, 6) is 0. The lowest BCUT2D eigenvalue weighted by molar-refractivity contribution is 1.17. The van der Waals surface area contributed by atoms with Crippen molar-refractivity contribution in [3.8, 4) is 33.9 Å². The van der Waals surface area contributed by atoms with E-state index >= 15 is 0 Å². The number of benzene rings is 9. The fourth-order valence-corrected chi connectivity index (χ4v) is 10.7. The van der Waals surface area contributed by atoms with E-state index in [1.165, 1.54) is 43.6 Å². The van der Waals surface area contributed by atoms with Crippen molar-refractivity contribution >= 4 is 88.8 Å². The SMILES string of the molecule is c1cncc(N(c2ccc(-c3nc4ccccc4nc3-c3ccc(N(c4ccc(-n5c6ccccc6c6ccccc65)cc4)c4cccnc4)cc3)cc2)c2ccc(-n3c4ccccc4c4ccccc43)cc2)c1. The van der Waals surface area contributed by atoms with Gasteiger partial charge in [-0.25, -0.2) is 9.97 Å². The molecule has 0 spiro atoms. The highest BCUT2D eigenvalue weighted by Gasteiger charge is 2.20. The van der Waals surface area contributed by atoms with Gasteiger partial charge in [-0.05, 0) is 133 Å². The Labute approximate surface area is 427 Å². The zero-order valence-electron chi connectivity index (χ0n) is 40.0. The van der Waals surface area contributed by atoms with Gasteiger partial charge in [0.05, 0.1) is 68.3 Å². The van der Waals surface area contributed by atoms with Crippen molar-refractivity contribution in [3.63, 3.8) is 0 Å². The molecule has 0 fully saturated rings. The summed E-state index contributed by atoms with van der Waals surface area (Å²) in [5, 5.41) is 4.95. The molecule has 8 heteroatoms. The molecule has 14 rings (SSSR count). The predicted octanol–water partition coefficient (Wildman–Crippen LogP) is 16.9. The Kier molecular flexibility index (Phi) is 10.3. The van der Waals surface area contributed by atoms with Crippen LogP contribution in [-0.4, -0.2) is 29.1 Å². The summed E-state index contributed by atoms with van der Waals surface area (Å²) in [7, 11) is 0. The van der Waals surface area contributed by atoms with Crippen molar-refractivity contribution in [2.24, 2.45) is 0 Å². The van der Waals surface area contributed by atoms with Crippen LogP contribution in [0, 0.1) is 0 Å². The fraction of sp³-hybridized carbons (Fsp3) is 0. The van der Waals surface area contributed by atoms with Gasteiger partial charge in [0, 0.05) is 79.2 Å². The second kappa shape index (κ2) is 17.9. The van der Waals surface area contributed by atoms with Crippen LogP contribution >= 0.6 is 0 Å². The summed E-state index contributed by atoms with van der Waals surface area (Å²) in [6.45, 7) is 0. The smallest absolute Gasteiger partial charge is 0.0973 e. The number of hydrogen-bond donors (Lipinski definition) is 0. The molecule has 5 heterocycles. The highest BCUT2D eigenvalue weighted by atomic mass is 15.2. The lowest BCUT2D eigenvalue weighted by Gasteiger charge is -2.26. The summed E-state index contributed by atoms with van der Waals surface area (Å²) in [6, 6.07) is 85.4. The molecule has 5 aromatic heterocycles. The summed E-state index contributed by atoms with van der Waals surface area (Å²) in [6.07, 6.45) is 7.43. The van der Waals surface area contributed by atoms with Crippen LogP contribution < -0.4 is 9.80 Å². The maximum Gasteiger partial charge on any atom is 0.0973 e. The maximum atomic E-state index is 5.30. The minimum Gasteiger partial charge on any atom is -0.309 e. The van der Waals surface area contributed by atoms with Crippen LogP contribution in [0.5, 0.6) is 0 Å². The van der Waals surface area contributed by atoms with Crippen LogP contribution in [0.2, 0.25) is 0 Å². The van der Waals surface area contributed by atoms with Gasteiger partial charge in [-0.15, -0.1) is 0 Å². The molecule has 9 aromatic carbocycles. The normalized spacial score (nSPS) is 11.5. The number of fused-ring (bicyclic) bond motifs is 7. The van der Waals surface area contributed by atoms with Gasteiger partial charge < -0.3 is 18.9 Å². The Morgan fingerprint density at radius 1 is 0.270 bits per heavy atom. The number of pyridine rings is 2. The van der Waals surface area contributed by atoms with E-state index in [0.29, 0.717) is 0 Å². The summed E-state index contributed by atoms with van der Waals surface area (Å²) in [4.78, 5) is 24.1. The molecule has 0 aliphatic heterocycles. The Morgan fingerprint density at radius 3 is 0.905 bits per heavy atom. The van der Waals surface area contributed by atoms with E-state index in [4.69, 9.17) is 9.97 Å². The molecule has 0 amide bonds. The molecule has 0 saturated carbocycles. The molecule has 0 radical (unpaired) electrons. The summed E-state index contributed by atoms with van der Waals surface area (Å²) in [5.41, 5.74) is 18.0. The van der Waals surface area contributed by atoms with Crippen LogP contribution in [0.4, 0.5) is 34.1 Å². The number of nitrogens with zero attached hydrogens (tertiary/aromatic N) is 8. The van der Waals surface area contributed by atoms with Crippen LogP contribution in [0.3, 0.4) is 0 Å². The van der Waals surface area contributed by atoms with E-state index in [1.54, 1.807) is 0 Å². The predicted molar refractivity (Wildman–Crippen MR) is 304 cm³/mol. The Balaban J connectivity index is 0.812. The molecule has 0 aliphatic carbocycles. The first kappa shape index (κ1) is 42.7. The van der Waals surface area contributed by atoms with Gasteiger partial charge in [-0.1, -0.05) is 109 Å². The third kappa shape index (κ3) is 7.31. The molecule has 14 aromatic rings. The first-order valence-electron chi connectivity index (χ1n) is 24.8. The van der Waals surface area contributed by atoms with Gasteiger partial charge in [0.15, 0.2) is 0 Å². The Bertz CT molecular complexity index is 3950. The highest BCUT2D eigenvalue weighted by molar-refractivity contribution is 6.10. The molecule has 0 aliphatic rings. The Morgan fingerprint density at radius 2 is 0.581 bits per heavy atom. The average molecular weight is 949 g/mol. The third-order valence-corrected chi connectivity index (χ3v) is 14.1. The average Bonchev–Trinajstić information content (AvgIpc) is 4.00. The molecule has 0 saturated heterocycles. The second-order valence-corrected chi connectivity index (χ2v) is 18.4. The van der Waals surface area contributed by atoms with E-state index in [-0.39, 0.29) is 0 Å². The van der Waals surface area contributed by atoms with Gasteiger partial charge >= 0.3 is 0 Å². The number of aromatic nitrogens is 6.